The smallest absolute Gasteiger partial charge is 0.240 e. The van der Waals surface area contributed by atoms with Crippen molar-refractivity contribution in [3.05, 3.63) is 95.2 Å². The lowest BCUT2D eigenvalue weighted by molar-refractivity contribution is -0.123. The van der Waals surface area contributed by atoms with Crippen molar-refractivity contribution in [2.24, 2.45) is 11.8 Å². The summed E-state index contributed by atoms with van der Waals surface area (Å²) < 4.78 is 10.9. The minimum absolute atomic E-state index is 0.114. The summed E-state index contributed by atoms with van der Waals surface area (Å²) in [6, 6.07) is 17.6. The van der Waals surface area contributed by atoms with Gasteiger partial charge in [-0.3, -0.25) is 19.2 Å². The van der Waals surface area contributed by atoms with E-state index in [0.717, 1.165) is 11.1 Å². The molecule has 0 radical (unpaired) electrons. The number of nitrogens with zero attached hydrogens (tertiary/aromatic N) is 2. The lowest BCUT2D eigenvalue weighted by Crippen LogP contribution is -2.44. The monoisotopic (exact) mass is 522 g/mol. The highest BCUT2D eigenvalue weighted by Gasteiger charge is 2.64. The summed E-state index contributed by atoms with van der Waals surface area (Å²) in [6.07, 6.45) is 3.72. The van der Waals surface area contributed by atoms with Crippen LogP contribution in [0.25, 0.3) is 6.08 Å². The molecule has 3 aromatic rings. The summed E-state index contributed by atoms with van der Waals surface area (Å²) in [4.78, 5) is 57.2. The molecule has 3 aliphatic rings. The number of ether oxygens (including phenoxy) is 2. The maximum atomic E-state index is 14.3. The average Bonchev–Trinajstić information content (AvgIpc) is 3.44. The highest BCUT2D eigenvalue weighted by molar-refractivity contribution is 6.25. The van der Waals surface area contributed by atoms with Crippen molar-refractivity contribution in [3.63, 3.8) is 0 Å². The summed E-state index contributed by atoms with van der Waals surface area (Å²) in [5.41, 5.74) is 2.96. The number of benzene rings is 3. The van der Waals surface area contributed by atoms with E-state index in [1.165, 1.54) is 26.0 Å². The number of carbonyl (C=O) groups excluding carboxylic acids is 4. The maximum absolute atomic E-state index is 14.3. The van der Waals surface area contributed by atoms with Crippen molar-refractivity contribution in [1.82, 2.24) is 4.90 Å². The summed E-state index contributed by atoms with van der Waals surface area (Å²) in [7, 11) is 2.99. The molecule has 2 fully saturated rings. The Bertz CT molecular complexity index is 1560. The lowest BCUT2D eigenvalue weighted by Gasteiger charge is -2.35. The van der Waals surface area contributed by atoms with E-state index in [1.807, 2.05) is 41.4 Å². The zero-order valence-corrected chi connectivity index (χ0v) is 21.7. The Balaban J connectivity index is 1.49. The van der Waals surface area contributed by atoms with E-state index < -0.39 is 29.8 Å². The van der Waals surface area contributed by atoms with Gasteiger partial charge >= 0.3 is 0 Å². The first-order valence-electron chi connectivity index (χ1n) is 12.7. The van der Waals surface area contributed by atoms with Crippen LogP contribution in [0.4, 0.5) is 5.69 Å². The standard InChI is InChI=1S/C31H26N2O6/c1-17(34)18-8-10-20(11-9-18)33-30(36)25-26(31(33)37)28(29(35)23-16-21(38-2)12-13-24(23)39-3)32-15-14-19-6-4-5-7-22(19)27(25)32/h4-16,25-28H,1-3H3/t25-,26-,27-,28+/m1/s1. The predicted molar refractivity (Wildman–Crippen MR) is 144 cm³/mol. The van der Waals surface area contributed by atoms with Gasteiger partial charge in [0.15, 0.2) is 11.6 Å². The van der Waals surface area contributed by atoms with E-state index in [0.29, 0.717) is 22.7 Å². The second kappa shape index (κ2) is 9.23. The molecule has 0 N–H and O–H groups in total. The molecule has 39 heavy (non-hydrogen) atoms. The first kappa shape index (κ1) is 24.6. The summed E-state index contributed by atoms with van der Waals surface area (Å²) in [5.74, 6) is -2.12. The fourth-order valence-corrected chi connectivity index (χ4v) is 6.12. The Morgan fingerprint density at radius 1 is 0.846 bits per heavy atom. The second-order valence-electron chi connectivity index (χ2n) is 9.88. The number of ketones is 2. The van der Waals surface area contributed by atoms with Gasteiger partial charge in [0, 0.05) is 11.8 Å². The van der Waals surface area contributed by atoms with Crippen LogP contribution in [0.2, 0.25) is 0 Å². The number of amides is 2. The first-order valence-corrected chi connectivity index (χ1v) is 12.7. The molecule has 4 atom stereocenters. The topological polar surface area (TPSA) is 93.2 Å². The SMILES string of the molecule is COc1ccc(OC)c(C(=O)[C@@H]2[C@@H]3C(=O)N(c4ccc(C(C)=O)cc4)C(=O)[C@H]3[C@H]3c4ccccc4C=CN23)c1. The zero-order valence-electron chi connectivity index (χ0n) is 21.7. The Hall–Kier alpha value is -4.72. The number of methoxy groups -OCH3 is 2. The number of fused-ring (bicyclic) bond motifs is 5. The molecule has 0 saturated carbocycles. The number of hydrogen-bond acceptors (Lipinski definition) is 7. The number of imide groups is 1. The molecule has 2 saturated heterocycles. The molecule has 0 spiro atoms. The molecule has 3 heterocycles. The van der Waals surface area contributed by atoms with Crippen molar-refractivity contribution in [2.75, 3.05) is 19.1 Å². The molecule has 0 unspecified atom stereocenters. The van der Waals surface area contributed by atoms with Gasteiger partial charge in [-0.05, 0) is 66.6 Å². The van der Waals surface area contributed by atoms with Crippen LogP contribution in [-0.2, 0) is 9.59 Å². The Morgan fingerprint density at radius 2 is 1.56 bits per heavy atom. The summed E-state index contributed by atoms with van der Waals surface area (Å²) in [6.45, 7) is 1.46. The fraction of sp³-hybridized carbons (Fsp3) is 0.226. The van der Waals surface area contributed by atoms with Crippen molar-refractivity contribution in [3.8, 4) is 11.5 Å². The molecular formula is C31H26N2O6. The molecule has 8 nitrogen and oxygen atoms in total. The van der Waals surface area contributed by atoms with Crippen LogP contribution in [0.3, 0.4) is 0 Å². The number of hydrogen-bond donors (Lipinski definition) is 0. The van der Waals surface area contributed by atoms with Crippen molar-refractivity contribution >= 4 is 35.1 Å². The highest BCUT2D eigenvalue weighted by atomic mass is 16.5. The van der Waals surface area contributed by atoms with E-state index in [9.17, 15) is 19.2 Å². The van der Waals surface area contributed by atoms with Gasteiger partial charge in [-0.25, -0.2) is 4.90 Å². The van der Waals surface area contributed by atoms with Gasteiger partial charge in [0.25, 0.3) is 0 Å². The van der Waals surface area contributed by atoms with Gasteiger partial charge in [0.1, 0.15) is 17.5 Å². The van der Waals surface area contributed by atoms with Gasteiger partial charge in [-0.15, -0.1) is 0 Å². The lowest BCUT2D eigenvalue weighted by atomic mass is 9.83. The third-order valence-corrected chi connectivity index (χ3v) is 7.93. The third-order valence-electron chi connectivity index (χ3n) is 7.93. The maximum Gasteiger partial charge on any atom is 0.240 e. The van der Waals surface area contributed by atoms with Crippen LogP contribution in [0.15, 0.2) is 72.9 Å². The number of Topliss-reactive ketones (excluding diaryl/α,β-unsaturated/α-hetero) is 2. The first-order chi connectivity index (χ1) is 18.8. The van der Waals surface area contributed by atoms with E-state index in [2.05, 4.69) is 0 Å². The normalized spacial score (nSPS) is 22.8. The van der Waals surface area contributed by atoms with Gasteiger partial charge in [-0.1, -0.05) is 24.3 Å². The van der Waals surface area contributed by atoms with E-state index in [4.69, 9.17) is 9.47 Å². The molecule has 0 aliphatic carbocycles. The number of carbonyl (C=O) groups is 4. The van der Waals surface area contributed by atoms with E-state index in [-0.39, 0.29) is 23.0 Å². The van der Waals surface area contributed by atoms with Gasteiger partial charge in [0.2, 0.25) is 11.8 Å². The van der Waals surface area contributed by atoms with Crippen molar-refractivity contribution < 1.29 is 28.7 Å². The van der Waals surface area contributed by atoms with Crippen molar-refractivity contribution in [1.29, 1.82) is 0 Å². The molecule has 8 heteroatoms. The van der Waals surface area contributed by atoms with E-state index >= 15 is 0 Å². The van der Waals surface area contributed by atoms with Crippen LogP contribution in [0, 0.1) is 11.8 Å². The van der Waals surface area contributed by atoms with Crippen LogP contribution >= 0.6 is 0 Å². The highest BCUT2D eigenvalue weighted by Crippen LogP contribution is 2.54. The predicted octanol–water partition coefficient (Wildman–Crippen LogP) is 4.30. The van der Waals surface area contributed by atoms with Crippen LogP contribution < -0.4 is 14.4 Å². The molecule has 6 rings (SSSR count). The van der Waals surface area contributed by atoms with Crippen LogP contribution in [-0.4, -0.2) is 48.5 Å². The Morgan fingerprint density at radius 3 is 2.26 bits per heavy atom. The third kappa shape index (κ3) is 3.66. The second-order valence-corrected chi connectivity index (χ2v) is 9.88. The van der Waals surface area contributed by atoms with E-state index in [1.54, 1.807) is 42.5 Å². The number of anilines is 1. The molecule has 3 aliphatic heterocycles. The molecular weight excluding hydrogens is 496 g/mol. The molecule has 0 bridgehead atoms. The van der Waals surface area contributed by atoms with Crippen LogP contribution in [0.5, 0.6) is 11.5 Å². The fourth-order valence-electron chi connectivity index (χ4n) is 6.12. The molecule has 0 aromatic heterocycles. The van der Waals surface area contributed by atoms with Gasteiger partial charge < -0.3 is 14.4 Å². The zero-order chi connectivity index (χ0) is 27.4. The molecule has 3 aromatic carbocycles. The summed E-state index contributed by atoms with van der Waals surface area (Å²) in [5, 5.41) is 0. The largest absolute Gasteiger partial charge is 0.497 e. The number of rotatable bonds is 6. The van der Waals surface area contributed by atoms with Gasteiger partial charge in [-0.2, -0.15) is 0 Å². The van der Waals surface area contributed by atoms with Crippen LogP contribution in [0.1, 0.15) is 44.8 Å². The Kier molecular flexibility index (Phi) is 5.83. The van der Waals surface area contributed by atoms with Gasteiger partial charge in [0.05, 0.1) is 43.3 Å². The molecule has 196 valence electrons. The summed E-state index contributed by atoms with van der Waals surface area (Å²) >= 11 is 0. The quantitative estimate of drug-likeness (QED) is 0.352. The molecule has 2 amide bonds. The minimum atomic E-state index is -0.941. The van der Waals surface area contributed by atoms with Crippen molar-refractivity contribution in [2.45, 2.75) is 19.0 Å². The average molecular weight is 523 g/mol. The minimum Gasteiger partial charge on any atom is -0.497 e. The Labute approximate surface area is 225 Å².